The number of Topliss-reactive ketones (excluding diaryl/α,β-unsaturated/α-hetero) is 1. The van der Waals surface area contributed by atoms with E-state index in [0.717, 1.165) is 12.8 Å². The molecular weight excluding hydrogens is 184 g/mol. The van der Waals surface area contributed by atoms with E-state index < -0.39 is 5.97 Å². The van der Waals surface area contributed by atoms with Gasteiger partial charge in [0.05, 0.1) is 0 Å². The first-order valence-electron chi connectivity index (χ1n) is 4.51. The molecule has 0 atom stereocenters. The SMILES string of the molecule is CCCCC(=O)c1ccc(C(=O)O)o1. The summed E-state index contributed by atoms with van der Waals surface area (Å²) in [4.78, 5) is 21.8. The number of rotatable bonds is 5. The van der Waals surface area contributed by atoms with Crippen molar-refractivity contribution >= 4 is 11.8 Å². The highest BCUT2D eigenvalue weighted by molar-refractivity contribution is 5.95. The molecule has 0 spiro atoms. The maximum Gasteiger partial charge on any atom is 0.371 e. The van der Waals surface area contributed by atoms with Gasteiger partial charge in [0, 0.05) is 6.42 Å². The van der Waals surface area contributed by atoms with Gasteiger partial charge < -0.3 is 9.52 Å². The average molecular weight is 196 g/mol. The van der Waals surface area contributed by atoms with E-state index in [4.69, 9.17) is 9.52 Å². The van der Waals surface area contributed by atoms with E-state index in [0.29, 0.717) is 6.42 Å². The van der Waals surface area contributed by atoms with Gasteiger partial charge in [-0.05, 0) is 18.6 Å². The van der Waals surface area contributed by atoms with Gasteiger partial charge >= 0.3 is 5.97 Å². The highest BCUT2D eigenvalue weighted by Crippen LogP contribution is 2.11. The molecule has 1 rings (SSSR count). The number of aromatic carboxylic acids is 1. The van der Waals surface area contributed by atoms with Crippen LogP contribution < -0.4 is 0 Å². The quantitative estimate of drug-likeness (QED) is 0.734. The van der Waals surface area contributed by atoms with Crippen LogP contribution in [0.1, 0.15) is 47.3 Å². The Bertz CT molecular complexity index is 338. The fourth-order valence-corrected chi connectivity index (χ4v) is 1.06. The monoisotopic (exact) mass is 196 g/mol. The summed E-state index contributed by atoms with van der Waals surface area (Å²) in [6, 6.07) is 2.70. The van der Waals surface area contributed by atoms with Gasteiger partial charge in [-0.15, -0.1) is 0 Å². The average Bonchev–Trinajstić information content (AvgIpc) is 2.62. The zero-order valence-electron chi connectivity index (χ0n) is 7.95. The Morgan fingerprint density at radius 1 is 1.36 bits per heavy atom. The first-order chi connectivity index (χ1) is 6.65. The highest BCUT2D eigenvalue weighted by atomic mass is 16.4. The van der Waals surface area contributed by atoms with E-state index in [1.54, 1.807) is 0 Å². The van der Waals surface area contributed by atoms with Crippen molar-refractivity contribution in [2.45, 2.75) is 26.2 Å². The molecule has 0 saturated carbocycles. The number of carbonyl (C=O) groups excluding carboxylic acids is 1. The fraction of sp³-hybridized carbons (Fsp3) is 0.400. The van der Waals surface area contributed by atoms with E-state index in [-0.39, 0.29) is 17.3 Å². The zero-order valence-corrected chi connectivity index (χ0v) is 7.95. The van der Waals surface area contributed by atoms with Gasteiger partial charge in [-0.2, -0.15) is 0 Å². The summed E-state index contributed by atoms with van der Waals surface area (Å²) in [6.45, 7) is 1.98. The Labute approximate surface area is 81.5 Å². The first-order valence-corrected chi connectivity index (χ1v) is 4.51. The number of carboxylic acids is 1. The molecule has 0 radical (unpaired) electrons. The van der Waals surface area contributed by atoms with Crippen LogP contribution in [0, 0.1) is 0 Å². The molecule has 0 aliphatic rings. The summed E-state index contributed by atoms with van der Waals surface area (Å²) in [6.07, 6.45) is 2.13. The second-order valence-corrected chi connectivity index (χ2v) is 3.00. The van der Waals surface area contributed by atoms with E-state index in [1.165, 1.54) is 12.1 Å². The molecule has 4 nitrogen and oxygen atoms in total. The molecule has 0 fully saturated rings. The lowest BCUT2D eigenvalue weighted by atomic mass is 10.1. The Kier molecular flexibility index (Phi) is 3.45. The van der Waals surface area contributed by atoms with Crippen molar-refractivity contribution in [3.05, 3.63) is 23.7 Å². The summed E-state index contributed by atoms with van der Waals surface area (Å²) < 4.78 is 4.85. The number of hydrogen-bond donors (Lipinski definition) is 1. The van der Waals surface area contributed by atoms with Crippen LogP contribution in [-0.2, 0) is 0 Å². The maximum atomic E-state index is 11.4. The molecule has 14 heavy (non-hydrogen) atoms. The molecule has 0 unspecified atom stereocenters. The Hall–Kier alpha value is -1.58. The minimum Gasteiger partial charge on any atom is -0.475 e. The molecule has 76 valence electrons. The Balaban J connectivity index is 2.66. The lowest BCUT2D eigenvalue weighted by molar-refractivity contribution is 0.0660. The van der Waals surface area contributed by atoms with Crippen LogP contribution in [0.2, 0.25) is 0 Å². The van der Waals surface area contributed by atoms with Gasteiger partial charge in [-0.1, -0.05) is 13.3 Å². The molecular formula is C10H12O4. The Morgan fingerprint density at radius 2 is 2.00 bits per heavy atom. The van der Waals surface area contributed by atoms with Gasteiger partial charge in [0.25, 0.3) is 0 Å². The maximum absolute atomic E-state index is 11.4. The molecule has 4 heteroatoms. The largest absolute Gasteiger partial charge is 0.475 e. The van der Waals surface area contributed by atoms with Crippen molar-refractivity contribution < 1.29 is 19.1 Å². The van der Waals surface area contributed by atoms with Crippen LogP contribution in [0.4, 0.5) is 0 Å². The molecule has 0 aliphatic heterocycles. The lowest BCUT2D eigenvalue weighted by Crippen LogP contribution is -1.97. The minimum atomic E-state index is -1.15. The number of carbonyl (C=O) groups is 2. The molecule has 0 aliphatic carbocycles. The fourth-order valence-electron chi connectivity index (χ4n) is 1.06. The second-order valence-electron chi connectivity index (χ2n) is 3.00. The van der Waals surface area contributed by atoms with Crippen LogP contribution in [0.25, 0.3) is 0 Å². The predicted molar refractivity (Wildman–Crippen MR) is 49.5 cm³/mol. The van der Waals surface area contributed by atoms with Gasteiger partial charge in [0.2, 0.25) is 5.76 Å². The van der Waals surface area contributed by atoms with Gasteiger partial charge in [-0.25, -0.2) is 4.79 Å². The summed E-state index contributed by atoms with van der Waals surface area (Å²) >= 11 is 0. The van der Waals surface area contributed by atoms with Crippen molar-refractivity contribution in [3.63, 3.8) is 0 Å². The van der Waals surface area contributed by atoms with E-state index >= 15 is 0 Å². The minimum absolute atomic E-state index is 0.135. The van der Waals surface area contributed by atoms with Crippen molar-refractivity contribution in [1.82, 2.24) is 0 Å². The third-order valence-corrected chi connectivity index (χ3v) is 1.85. The molecule has 1 heterocycles. The normalized spacial score (nSPS) is 10.1. The van der Waals surface area contributed by atoms with Crippen molar-refractivity contribution in [2.24, 2.45) is 0 Å². The predicted octanol–water partition coefficient (Wildman–Crippen LogP) is 2.35. The van der Waals surface area contributed by atoms with Crippen molar-refractivity contribution in [2.75, 3.05) is 0 Å². The molecule has 0 amide bonds. The molecule has 1 N–H and O–H groups in total. The van der Waals surface area contributed by atoms with Crippen molar-refractivity contribution in [1.29, 1.82) is 0 Å². The molecule has 1 aromatic rings. The molecule has 0 saturated heterocycles. The summed E-state index contributed by atoms with van der Waals surface area (Å²) in [7, 11) is 0. The van der Waals surface area contributed by atoms with Gasteiger partial charge in [0.1, 0.15) is 0 Å². The lowest BCUT2D eigenvalue weighted by Gasteiger charge is -1.94. The van der Waals surface area contributed by atoms with Crippen LogP contribution in [0.15, 0.2) is 16.5 Å². The van der Waals surface area contributed by atoms with Crippen molar-refractivity contribution in [3.8, 4) is 0 Å². The molecule has 0 aromatic carbocycles. The molecule has 1 aromatic heterocycles. The number of hydrogen-bond acceptors (Lipinski definition) is 3. The third kappa shape index (κ3) is 2.45. The second kappa shape index (κ2) is 4.60. The first kappa shape index (κ1) is 10.5. The van der Waals surface area contributed by atoms with E-state index in [2.05, 4.69) is 0 Å². The van der Waals surface area contributed by atoms with Gasteiger partial charge in [0.15, 0.2) is 11.5 Å². The highest BCUT2D eigenvalue weighted by Gasteiger charge is 2.13. The number of carboxylic acid groups (broad SMARTS) is 1. The van der Waals surface area contributed by atoms with Crippen LogP contribution in [0.5, 0.6) is 0 Å². The van der Waals surface area contributed by atoms with E-state index in [9.17, 15) is 9.59 Å². The van der Waals surface area contributed by atoms with Crippen LogP contribution >= 0.6 is 0 Å². The standard InChI is InChI=1S/C10H12O4/c1-2-3-4-7(11)8-5-6-9(14-8)10(12)13/h5-6H,2-4H2,1H3,(H,12,13). The third-order valence-electron chi connectivity index (χ3n) is 1.85. The van der Waals surface area contributed by atoms with E-state index in [1.807, 2.05) is 6.92 Å². The zero-order chi connectivity index (χ0) is 10.6. The number of furan rings is 1. The Morgan fingerprint density at radius 3 is 2.50 bits per heavy atom. The topological polar surface area (TPSA) is 67.5 Å². The summed E-state index contributed by atoms with van der Waals surface area (Å²) in [5.74, 6) is -1.35. The molecule has 0 bridgehead atoms. The smallest absolute Gasteiger partial charge is 0.371 e. The van der Waals surface area contributed by atoms with Crippen LogP contribution in [-0.4, -0.2) is 16.9 Å². The number of unbranched alkanes of at least 4 members (excludes halogenated alkanes) is 1. The summed E-state index contributed by atoms with van der Waals surface area (Å²) in [5.41, 5.74) is 0. The van der Waals surface area contributed by atoms with Crippen LogP contribution in [0.3, 0.4) is 0 Å². The van der Waals surface area contributed by atoms with Gasteiger partial charge in [-0.3, -0.25) is 4.79 Å². The number of ketones is 1. The summed E-state index contributed by atoms with van der Waals surface area (Å²) in [5, 5.41) is 8.55.